The number of ether oxygens (including phenoxy) is 2. The van der Waals surface area contributed by atoms with Crippen LogP contribution in [-0.4, -0.2) is 36.0 Å². The summed E-state index contributed by atoms with van der Waals surface area (Å²) in [4.78, 5) is 32.6. The monoisotopic (exact) mass is 520 g/mol. The number of nitrogens with one attached hydrogen (secondary N) is 4. The van der Waals surface area contributed by atoms with Gasteiger partial charge in [0, 0.05) is 23.3 Å². The van der Waals surface area contributed by atoms with Crippen molar-refractivity contribution in [2.24, 2.45) is 0 Å². The number of aromatic nitrogens is 2. The van der Waals surface area contributed by atoms with Crippen LogP contribution in [0.3, 0.4) is 0 Å². The smallest absolute Gasteiger partial charge is 0.269 e. The Labute approximate surface area is 216 Å². The lowest BCUT2D eigenvalue weighted by molar-refractivity contribution is 0.0954. The van der Waals surface area contributed by atoms with E-state index in [1.54, 1.807) is 42.5 Å². The lowest BCUT2D eigenvalue weighted by Crippen LogP contribution is -2.29. The molecule has 0 spiro atoms. The van der Waals surface area contributed by atoms with Crippen molar-refractivity contribution in [3.8, 4) is 22.9 Å². The average Bonchev–Trinajstić information content (AvgIpc) is 2.95. The highest BCUT2D eigenvalue weighted by atomic mass is 19.1. The maximum Gasteiger partial charge on any atom is 0.269 e. The van der Waals surface area contributed by atoms with Gasteiger partial charge in [0.25, 0.3) is 11.8 Å². The lowest BCUT2D eigenvalue weighted by Gasteiger charge is -2.11. The summed E-state index contributed by atoms with van der Waals surface area (Å²) in [5.41, 5.74) is 12.8. The number of benzene rings is 2. The number of halogens is 2. The van der Waals surface area contributed by atoms with Gasteiger partial charge in [0.15, 0.2) is 11.6 Å². The molecule has 2 aromatic carbocycles. The Morgan fingerprint density at radius 1 is 0.684 bits per heavy atom. The van der Waals surface area contributed by atoms with E-state index in [0.29, 0.717) is 11.1 Å². The van der Waals surface area contributed by atoms with E-state index in [4.69, 9.17) is 9.47 Å². The van der Waals surface area contributed by atoms with Crippen molar-refractivity contribution in [3.63, 3.8) is 0 Å². The molecule has 0 aliphatic rings. The molecule has 194 valence electrons. The number of methoxy groups -OCH3 is 2. The van der Waals surface area contributed by atoms with E-state index in [0.717, 1.165) is 23.3 Å². The summed E-state index contributed by atoms with van der Waals surface area (Å²) >= 11 is 0. The van der Waals surface area contributed by atoms with E-state index in [2.05, 4.69) is 31.7 Å². The topological polar surface area (TPSA) is 126 Å². The maximum absolute atomic E-state index is 13.8. The van der Waals surface area contributed by atoms with Crippen LogP contribution < -0.4 is 31.2 Å². The third-order valence-electron chi connectivity index (χ3n) is 5.25. The molecule has 0 unspecified atom stereocenters. The molecule has 4 N–H and O–H groups in total. The Morgan fingerprint density at radius 2 is 1.21 bits per heavy atom. The van der Waals surface area contributed by atoms with Gasteiger partial charge in [-0.15, -0.1) is 0 Å². The van der Waals surface area contributed by atoms with Crippen molar-refractivity contribution in [1.29, 1.82) is 0 Å². The fourth-order valence-electron chi connectivity index (χ4n) is 3.34. The molecule has 4 aromatic rings. The molecule has 38 heavy (non-hydrogen) atoms. The van der Waals surface area contributed by atoms with E-state index < -0.39 is 23.4 Å². The van der Waals surface area contributed by atoms with E-state index in [1.165, 1.54) is 26.6 Å². The molecule has 0 atom stereocenters. The molecule has 0 saturated carbocycles. The number of carbonyl (C=O) groups excluding carboxylic acids is 2. The normalized spacial score (nSPS) is 10.3. The SMILES string of the molecule is COc1ncc(NNC(=O)c2ccc(-c3cccc(C(=O)NNc4cnc(OC)c(F)c4)c3)cc2)cc1F. The molecule has 12 heteroatoms. The zero-order valence-corrected chi connectivity index (χ0v) is 20.2. The first-order valence-electron chi connectivity index (χ1n) is 11.1. The van der Waals surface area contributed by atoms with Gasteiger partial charge >= 0.3 is 0 Å². The number of rotatable bonds is 9. The molecule has 0 aliphatic carbocycles. The summed E-state index contributed by atoms with van der Waals surface area (Å²) in [6, 6.07) is 15.8. The minimum Gasteiger partial charge on any atom is -0.479 e. The number of amides is 2. The fraction of sp³-hybridized carbons (Fsp3) is 0.0769. The Kier molecular flexibility index (Phi) is 7.92. The predicted molar refractivity (Wildman–Crippen MR) is 136 cm³/mol. The van der Waals surface area contributed by atoms with Crippen molar-refractivity contribution in [2.45, 2.75) is 0 Å². The van der Waals surface area contributed by atoms with Crippen molar-refractivity contribution >= 4 is 23.2 Å². The number of anilines is 2. The average molecular weight is 520 g/mol. The largest absolute Gasteiger partial charge is 0.479 e. The summed E-state index contributed by atoms with van der Waals surface area (Å²) in [5.74, 6) is -2.55. The molecular weight excluding hydrogens is 498 g/mol. The summed E-state index contributed by atoms with van der Waals surface area (Å²) in [7, 11) is 2.61. The fourth-order valence-corrected chi connectivity index (χ4v) is 3.34. The van der Waals surface area contributed by atoms with E-state index >= 15 is 0 Å². The second-order valence-corrected chi connectivity index (χ2v) is 7.75. The van der Waals surface area contributed by atoms with Gasteiger partial charge in [-0.05, 0) is 35.4 Å². The van der Waals surface area contributed by atoms with Crippen molar-refractivity contribution in [2.75, 3.05) is 25.1 Å². The van der Waals surface area contributed by atoms with E-state index in [9.17, 15) is 18.4 Å². The molecule has 10 nitrogen and oxygen atoms in total. The van der Waals surface area contributed by atoms with Crippen LogP contribution in [0.4, 0.5) is 20.2 Å². The summed E-state index contributed by atoms with van der Waals surface area (Å²) in [5, 5.41) is 0. The maximum atomic E-state index is 13.8. The van der Waals surface area contributed by atoms with Gasteiger partial charge in [-0.2, -0.15) is 0 Å². The molecule has 4 rings (SSSR count). The van der Waals surface area contributed by atoms with Crippen LogP contribution in [0.25, 0.3) is 11.1 Å². The molecule has 0 bridgehead atoms. The van der Waals surface area contributed by atoms with E-state index in [-0.39, 0.29) is 23.1 Å². The standard InChI is InChI=1S/C26H22F2N6O4/c1-37-25-21(27)11-19(13-29-25)31-33-23(35)16-8-6-15(7-9-16)17-4-3-5-18(10-17)24(36)34-32-20-12-22(28)26(38-2)30-14-20/h3-14,31-32H,1-2H3,(H,33,35)(H,34,36). The Balaban J connectivity index is 1.37. The second kappa shape index (κ2) is 11.6. The number of carbonyl (C=O) groups is 2. The van der Waals surface area contributed by atoms with Gasteiger partial charge in [-0.3, -0.25) is 31.3 Å². The van der Waals surface area contributed by atoms with Crippen LogP contribution >= 0.6 is 0 Å². The number of hydrogen-bond acceptors (Lipinski definition) is 8. The van der Waals surface area contributed by atoms with Gasteiger partial charge in [-0.25, -0.2) is 18.7 Å². The zero-order chi connectivity index (χ0) is 27.1. The van der Waals surface area contributed by atoms with Crippen LogP contribution in [0.1, 0.15) is 20.7 Å². The first-order chi connectivity index (χ1) is 18.4. The van der Waals surface area contributed by atoms with Crippen LogP contribution in [0.15, 0.2) is 73.1 Å². The van der Waals surface area contributed by atoms with Gasteiger partial charge < -0.3 is 9.47 Å². The second-order valence-electron chi connectivity index (χ2n) is 7.75. The van der Waals surface area contributed by atoms with Gasteiger partial charge in [-0.1, -0.05) is 24.3 Å². The van der Waals surface area contributed by atoms with Crippen LogP contribution in [0.5, 0.6) is 11.8 Å². The number of hydrogen-bond donors (Lipinski definition) is 4. The first-order valence-corrected chi connectivity index (χ1v) is 11.1. The summed E-state index contributed by atoms with van der Waals surface area (Å²) < 4.78 is 37.1. The Hall–Kier alpha value is -5.26. The highest BCUT2D eigenvalue weighted by Gasteiger charge is 2.11. The van der Waals surface area contributed by atoms with Crippen molar-refractivity contribution < 1.29 is 27.8 Å². The van der Waals surface area contributed by atoms with Gasteiger partial charge in [0.1, 0.15) is 0 Å². The molecule has 2 aromatic heterocycles. The quantitative estimate of drug-likeness (QED) is 0.245. The van der Waals surface area contributed by atoms with Crippen LogP contribution in [0, 0.1) is 11.6 Å². The van der Waals surface area contributed by atoms with Gasteiger partial charge in [0.2, 0.25) is 11.8 Å². The number of hydrazine groups is 2. The van der Waals surface area contributed by atoms with Gasteiger partial charge in [0.05, 0.1) is 38.0 Å². The molecular formula is C26H22F2N6O4. The summed E-state index contributed by atoms with van der Waals surface area (Å²) in [6.07, 6.45) is 2.63. The molecule has 0 aliphatic heterocycles. The third kappa shape index (κ3) is 6.10. The Morgan fingerprint density at radius 3 is 1.71 bits per heavy atom. The highest BCUT2D eigenvalue weighted by Crippen LogP contribution is 2.22. The molecule has 2 heterocycles. The minimum atomic E-state index is -0.673. The number of pyridine rings is 2. The number of nitrogens with zero attached hydrogens (tertiary/aromatic N) is 2. The molecule has 0 radical (unpaired) electrons. The minimum absolute atomic E-state index is 0.153. The highest BCUT2D eigenvalue weighted by molar-refractivity contribution is 5.97. The molecule has 0 fully saturated rings. The molecule has 0 saturated heterocycles. The first kappa shape index (κ1) is 25.8. The Bertz CT molecular complexity index is 1470. The predicted octanol–water partition coefficient (Wildman–Crippen LogP) is 3.95. The van der Waals surface area contributed by atoms with E-state index in [1.807, 2.05) is 6.07 Å². The van der Waals surface area contributed by atoms with Crippen LogP contribution in [0.2, 0.25) is 0 Å². The lowest BCUT2D eigenvalue weighted by atomic mass is 10.0. The zero-order valence-electron chi connectivity index (χ0n) is 20.2. The third-order valence-corrected chi connectivity index (χ3v) is 5.25. The summed E-state index contributed by atoms with van der Waals surface area (Å²) in [6.45, 7) is 0. The van der Waals surface area contributed by atoms with Crippen LogP contribution in [-0.2, 0) is 0 Å². The van der Waals surface area contributed by atoms with Crippen molar-refractivity contribution in [1.82, 2.24) is 20.8 Å². The van der Waals surface area contributed by atoms with Crippen molar-refractivity contribution in [3.05, 3.63) is 95.8 Å². The molecule has 2 amide bonds.